The number of aromatic nitrogens is 1. The van der Waals surface area contributed by atoms with Crippen LogP contribution in [0.2, 0.25) is 0 Å². The van der Waals surface area contributed by atoms with Gasteiger partial charge in [-0.3, -0.25) is 9.29 Å². The number of hydrogen-bond donors (Lipinski definition) is 2. The van der Waals surface area contributed by atoms with Crippen LogP contribution in [-0.2, 0) is 0 Å². The van der Waals surface area contributed by atoms with Gasteiger partial charge in [-0.2, -0.15) is 4.39 Å². The van der Waals surface area contributed by atoms with Gasteiger partial charge in [0.25, 0.3) is 0 Å². The predicted octanol–water partition coefficient (Wildman–Crippen LogP) is 5.78. The van der Waals surface area contributed by atoms with Crippen LogP contribution in [0.4, 0.5) is 14.6 Å². The van der Waals surface area contributed by atoms with Crippen molar-refractivity contribution >= 4 is 28.7 Å². The molecule has 2 aromatic carbocycles. The number of halogens is 2. The minimum atomic E-state index is -0.590. The Morgan fingerprint density at radius 2 is 1.92 bits per heavy atom. The molecule has 8 heteroatoms. The molecule has 2 aliphatic heterocycles. The first-order chi connectivity index (χ1) is 17.5. The van der Waals surface area contributed by atoms with Crippen molar-refractivity contribution in [3.63, 3.8) is 0 Å². The van der Waals surface area contributed by atoms with E-state index in [1.54, 1.807) is 36.0 Å². The topological polar surface area (TPSA) is 71.6 Å². The molecule has 0 bridgehead atoms. The minimum absolute atomic E-state index is 0.0816. The van der Waals surface area contributed by atoms with Crippen LogP contribution in [0.15, 0.2) is 59.5 Å². The van der Waals surface area contributed by atoms with Crippen LogP contribution >= 0.6 is 11.8 Å². The van der Waals surface area contributed by atoms with Gasteiger partial charge >= 0.3 is 0 Å². The van der Waals surface area contributed by atoms with E-state index in [2.05, 4.69) is 9.88 Å². The highest BCUT2D eigenvalue weighted by atomic mass is 32.2. The lowest BCUT2D eigenvalue weighted by Gasteiger charge is -2.18. The molecule has 3 N–H and O–H groups in total. The maximum absolute atomic E-state index is 15.0. The molecule has 1 aromatic heterocycles. The van der Waals surface area contributed by atoms with Crippen LogP contribution in [0.25, 0.3) is 11.1 Å². The molecule has 5 rings (SSSR count). The SMILES string of the molecule is Nc1ccc(C2=C(c3ccc(O[C@H]4CCN(CCCF)C4)cc3)c3ccc(O)cc3SCC2)c(F)n1. The zero-order chi connectivity index (χ0) is 25.1. The number of rotatable bonds is 7. The van der Waals surface area contributed by atoms with Crippen molar-refractivity contribution < 1.29 is 18.6 Å². The van der Waals surface area contributed by atoms with Gasteiger partial charge in [-0.1, -0.05) is 12.1 Å². The third kappa shape index (κ3) is 5.34. The standard InChI is InChI=1S/C28H29F2N3O2S/c29-12-1-13-33-14-10-21(17-33)35-20-5-2-18(3-6-20)27-22(23-8-9-26(31)32-28(23)30)11-15-36-25-16-19(34)4-7-24(25)27/h2-9,16,21,34H,1,10-15,17H2,(H2,31,32)/t21-/m0/s1. The first-order valence-electron chi connectivity index (χ1n) is 12.2. The Balaban J connectivity index is 1.49. The van der Waals surface area contributed by atoms with E-state index in [1.807, 2.05) is 30.3 Å². The Morgan fingerprint density at radius 3 is 2.69 bits per heavy atom. The molecule has 3 heterocycles. The van der Waals surface area contributed by atoms with Crippen LogP contribution in [0.1, 0.15) is 36.0 Å². The summed E-state index contributed by atoms with van der Waals surface area (Å²) >= 11 is 1.64. The number of phenols is 1. The Hall–Kier alpha value is -3.10. The van der Waals surface area contributed by atoms with E-state index in [9.17, 15) is 13.9 Å². The number of fused-ring (bicyclic) bond motifs is 1. The molecule has 0 radical (unpaired) electrons. The summed E-state index contributed by atoms with van der Waals surface area (Å²) in [5, 5.41) is 10.1. The number of nitrogens with two attached hydrogens (primary N) is 1. The fraction of sp³-hybridized carbons (Fsp3) is 0.321. The van der Waals surface area contributed by atoms with Crippen molar-refractivity contribution in [3.05, 3.63) is 77.2 Å². The van der Waals surface area contributed by atoms with Crippen LogP contribution < -0.4 is 10.5 Å². The molecule has 0 unspecified atom stereocenters. The lowest BCUT2D eigenvalue weighted by molar-refractivity contribution is 0.198. The van der Waals surface area contributed by atoms with Gasteiger partial charge in [0.15, 0.2) is 0 Å². The number of allylic oxidation sites excluding steroid dienone is 1. The molecular formula is C28H29F2N3O2S. The van der Waals surface area contributed by atoms with Gasteiger partial charge in [-0.25, -0.2) is 4.98 Å². The number of nitrogen functional groups attached to an aromatic ring is 1. The van der Waals surface area contributed by atoms with Crippen molar-refractivity contribution in [3.8, 4) is 11.5 Å². The van der Waals surface area contributed by atoms with E-state index in [4.69, 9.17) is 10.5 Å². The Labute approximate surface area is 214 Å². The summed E-state index contributed by atoms with van der Waals surface area (Å²) in [4.78, 5) is 7.04. The number of nitrogens with zero attached hydrogens (tertiary/aromatic N) is 2. The second-order valence-electron chi connectivity index (χ2n) is 9.10. The van der Waals surface area contributed by atoms with Crippen molar-refractivity contribution in [2.75, 3.05) is 37.8 Å². The molecular weight excluding hydrogens is 480 g/mol. The van der Waals surface area contributed by atoms with Crippen LogP contribution in [0.5, 0.6) is 11.5 Å². The molecule has 0 saturated carbocycles. The molecule has 36 heavy (non-hydrogen) atoms. The van der Waals surface area contributed by atoms with Crippen molar-refractivity contribution in [2.24, 2.45) is 0 Å². The number of anilines is 1. The predicted molar refractivity (Wildman–Crippen MR) is 140 cm³/mol. The molecule has 0 spiro atoms. The average Bonchev–Trinajstić information content (AvgIpc) is 3.22. The fourth-order valence-corrected chi connectivity index (χ4v) is 5.99. The number of phenolic OH excluding ortho intramolecular Hbond substituents is 1. The van der Waals surface area contributed by atoms with E-state index in [-0.39, 0.29) is 24.3 Å². The number of thioether (sulfide) groups is 1. The zero-order valence-electron chi connectivity index (χ0n) is 19.9. The first-order valence-corrected chi connectivity index (χ1v) is 13.2. The molecule has 1 atom stereocenters. The number of pyridine rings is 1. The smallest absolute Gasteiger partial charge is 0.222 e. The monoisotopic (exact) mass is 509 g/mol. The van der Waals surface area contributed by atoms with E-state index in [1.165, 1.54) is 0 Å². The lowest BCUT2D eigenvalue weighted by atomic mass is 9.88. The van der Waals surface area contributed by atoms with E-state index in [0.717, 1.165) is 64.7 Å². The van der Waals surface area contributed by atoms with Gasteiger partial charge in [0.2, 0.25) is 5.95 Å². The second-order valence-corrected chi connectivity index (χ2v) is 10.2. The van der Waals surface area contributed by atoms with Crippen molar-refractivity contribution in [1.82, 2.24) is 9.88 Å². The molecule has 0 aliphatic carbocycles. The Morgan fingerprint density at radius 1 is 1.11 bits per heavy atom. The summed E-state index contributed by atoms with van der Waals surface area (Å²) in [6, 6.07) is 16.5. The quantitative estimate of drug-likeness (QED) is 0.394. The Kier molecular flexibility index (Phi) is 7.43. The zero-order valence-corrected chi connectivity index (χ0v) is 20.7. The van der Waals surface area contributed by atoms with E-state index in [0.29, 0.717) is 18.4 Å². The Bertz CT molecular complexity index is 1270. The average molecular weight is 510 g/mol. The maximum Gasteiger partial charge on any atom is 0.222 e. The minimum Gasteiger partial charge on any atom is -0.508 e. The van der Waals surface area contributed by atoms with Gasteiger partial charge < -0.3 is 15.6 Å². The van der Waals surface area contributed by atoms with Gasteiger partial charge in [0, 0.05) is 35.8 Å². The summed E-state index contributed by atoms with van der Waals surface area (Å²) in [5.41, 5.74) is 9.77. The molecule has 5 nitrogen and oxygen atoms in total. The van der Waals surface area contributed by atoms with Gasteiger partial charge in [0.05, 0.1) is 6.67 Å². The van der Waals surface area contributed by atoms with Crippen LogP contribution in [-0.4, -0.2) is 53.2 Å². The van der Waals surface area contributed by atoms with Crippen molar-refractivity contribution in [1.29, 1.82) is 0 Å². The van der Waals surface area contributed by atoms with Gasteiger partial charge in [0.1, 0.15) is 23.4 Å². The molecule has 1 fully saturated rings. The molecule has 2 aliphatic rings. The fourth-order valence-electron chi connectivity index (χ4n) is 4.93. The number of likely N-dealkylation sites (tertiary alicyclic amines) is 1. The number of benzene rings is 2. The molecule has 1 saturated heterocycles. The van der Waals surface area contributed by atoms with Crippen LogP contribution in [0.3, 0.4) is 0 Å². The number of aromatic hydroxyl groups is 1. The second kappa shape index (κ2) is 10.9. The number of alkyl halides is 1. The highest BCUT2D eigenvalue weighted by Gasteiger charge is 2.25. The summed E-state index contributed by atoms with van der Waals surface area (Å²) in [6.45, 7) is 2.19. The molecule has 3 aromatic rings. The summed E-state index contributed by atoms with van der Waals surface area (Å²) in [7, 11) is 0. The summed E-state index contributed by atoms with van der Waals surface area (Å²) < 4.78 is 33.7. The van der Waals surface area contributed by atoms with E-state index >= 15 is 0 Å². The number of hydrogen-bond acceptors (Lipinski definition) is 6. The third-order valence-electron chi connectivity index (χ3n) is 6.62. The molecule has 0 amide bonds. The number of ether oxygens (including phenoxy) is 1. The largest absolute Gasteiger partial charge is 0.508 e. The van der Waals surface area contributed by atoms with Crippen LogP contribution in [0, 0.1) is 5.95 Å². The van der Waals surface area contributed by atoms with Crippen molar-refractivity contribution in [2.45, 2.75) is 30.3 Å². The van der Waals surface area contributed by atoms with E-state index < -0.39 is 5.95 Å². The first kappa shape index (κ1) is 24.6. The summed E-state index contributed by atoms with van der Waals surface area (Å²) in [6.07, 6.45) is 2.19. The lowest BCUT2D eigenvalue weighted by Crippen LogP contribution is -2.26. The highest BCUT2D eigenvalue weighted by Crippen LogP contribution is 2.44. The summed E-state index contributed by atoms with van der Waals surface area (Å²) in [5.74, 6) is 1.26. The maximum atomic E-state index is 15.0. The normalized spacial score (nSPS) is 18.2. The highest BCUT2D eigenvalue weighted by molar-refractivity contribution is 7.99. The third-order valence-corrected chi connectivity index (χ3v) is 7.68. The molecule has 188 valence electrons. The van der Waals surface area contributed by atoms with Gasteiger partial charge in [-0.15, -0.1) is 11.8 Å². The van der Waals surface area contributed by atoms with Gasteiger partial charge in [-0.05, 0) is 84.0 Å².